The van der Waals surface area contributed by atoms with E-state index in [1.54, 1.807) is 18.0 Å². The quantitative estimate of drug-likeness (QED) is 0.677. The van der Waals surface area contributed by atoms with Crippen LogP contribution in [0.4, 0.5) is 0 Å². The second-order valence-corrected chi connectivity index (χ2v) is 6.96. The smallest absolute Gasteiger partial charge is 0.255 e. The molecule has 0 saturated carbocycles. The Kier molecular flexibility index (Phi) is 5.81. The Bertz CT molecular complexity index is 933. The van der Waals surface area contributed by atoms with Crippen LogP contribution in [0.2, 0.25) is 5.02 Å². The molecule has 0 aliphatic carbocycles. The predicted molar refractivity (Wildman–Crippen MR) is 107 cm³/mol. The van der Waals surface area contributed by atoms with E-state index < -0.39 is 0 Å². The molecule has 1 aromatic heterocycles. The molecule has 3 aromatic rings. The lowest BCUT2D eigenvalue weighted by Crippen LogP contribution is -2.24. The lowest BCUT2D eigenvalue weighted by Gasteiger charge is -2.13. The van der Waals surface area contributed by atoms with E-state index in [1.807, 2.05) is 62.4 Å². The molecule has 0 bridgehead atoms. The van der Waals surface area contributed by atoms with Gasteiger partial charge in [-0.1, -0.05) is 43.6 Å². The lowest BCUT2D eigenvalue weighted by atomic mass is 10.0. The summed E-state index contributed by atoms with van der Waals surface area (Å²) >= 11 is 6.11. The maximum Gasteiger partial charge on any atom is 0.255 e. The Morgan fingerprint density at radius 1 is 1.22 bits per heavy atom. The van der Waals surface area contributed by atoms with Crippen molar-refractivity contribution in [1.82, 2.24) is 15.1 Å². The van der Waals surface area contributed by atoms with Crippen LogP contribution in [0.25, 0.3) is 5.69 Å². The molecule has 0 fully saturated rings. The van der Waals surface area contributed by atoms with E-state index in [0.29, 0.717) is 17.1 Å². The summed E-state index contributed by atoms with van der Waals surface area (Å²) in [4.78, 5) is 12.8. The number of nitrogens with one attached hydrogen (secondary N) is 1. The number of rotatable bonds is 6. The third kappa shape index (κ3) is 4.31. The largest absolute Gasteiger partial charge is 0.497 e. The van der Waals surface area contributed by atoms with Crippen molar-refractivity contribution in [2.75, 3.05) is 7.11 Å². The number of aromatic nitrogens is 2. The van der Waals surface area contributed by atoms with E-state index >= 15 is 0 Å². The normalized spacial score (nSPS) is 10.9. The Labute approximate surface area is 163 Å². The van der Waals surface area contributed by atoms with Crippen molar-refractivity contribution in [3.8, 4) is 11.4 Å². The van der Waals surface area contributed by atoms with Crippen LogP contribution in [0.5, 0.6) is 5.75 Å². The fourth-order valence-corrected chi connectivity index (χ4v) is 3.11. The molecular formula is C21H22ClN3O2. The molecule has 1 N–H and O–H groups in total. The summed E-state index contributed by atoms with van der Waals surface area (Å²) in [7, 11) is 1.63. The minimum Gasteiger partial charge on any atom is -0.497 e. The van der Waals surface area contributed by atoms with Gasteiger partial charge >= 0.3 is 0 Å². The van der Waals surface area contributed by atoms with Gasteiger partial charge in [-0.3, -0.25) is 4.79 Å². The summed E-state index contributed by atoms with van der Waals surface area (Å²) in [5, 5.41) is 8.02. The van der Waals surface area contributed by atoms with E-state index in [-0.39, 0.29) is 11.8 Å². The average molecular weight is 384 g/mol. The molecule has 140 valence electrons. The van der Waals surface area contributed by atoms with Crippen LogP contribution in [0.3, 0.4) is 0 Å². The van der Waals surface area contributed by atoms with E-state index in [0.717, 1.165) is 22.7 Å². The Morgan fingerprint density at radius 3 is 2.59 bits per heavy atom. The zero-order valence-electron chi connectivity index (χ0n) is 15.6. The molecule has 3 rings (SSSR count). The molecule has 1 amide bonds. The van der Waals surface area contributed by atoms with Crippen LogP contribution in [0, 0.1) is 0 Å². The highest BCUT2D eigenvalue weighted by atomic mass is 35.5. The number of benzene rings is 2. The highest BCUT2D eigenvalue weighted by Crippen LogP contribution is 2.24. The highest BCUT2D eigenvalue weighted by Gasteiger charge is 2.20. The van der Waals surface area contributed by atoms with Crippen molar-refractivity contribution in [2.45, 2.75) is 26.3 Å². The fourth-order valence-electron chi connectivity index (χ4n) is 2.92. The minimum atomic E-state index is -0.150. The van der Waals surface area contributed by atoms with Gasteiger partial charge in [-0.2, -0.15) is 5.10 Å². The highest BCUT2D eigenvalue weighted by molar-refractivity contribution is 6.30. The SMILES string of the molecule is COc1ccc(CNC(=O)c2cnn(-c3cccc(Cl)c3)c2C(C)C)cc1. The monoisotopic (exact) mass is 383 g/mol. The summed E-state index contributed by atoms with van der Waals surface area (Å²) in [6.07, 6.45) is 1.61. The van der Waals surface area contributed by atoms with Gasteiger partial charge in [0.25, 0.3) is 5.91 Å². The summed E-state index contributed by atoms with van der Waals surface area (Å²) in [5.74, 6) is 0.756. The van der Waals surface area contributed by atoms with Gasteiger partial charge in [-0.05, 0) is 41.8 Å². The molecular weight excluding hydrogens is 362 g/mol. The van der Waals surface area contributed by atoms with Gasteiger partial charge in [0.05, 0.1) is 30.3 Å². The first-order chi connectivity index (χ1) is 13.0. The maximum atomic E-state index is 12.8. The van der Waals surface area contributed by atoms with Crippen molar-refractivity contribution in [3.63, 3.8) is 0 Å². The number of carbonyl (C=O) groups is 1. The molecule has 0 saturated heterocycles. The van der Waals surface area contributed by atoms with Crippen LogP contribution in [-0.4, -0.2) is 22.8 Å². The van der Waals surface area contributed by atoms with Crippen molar-refractivity contribution in [2.24, 2.45) is 0 Å². The van der Waals surface area contributed by atoms with Gasteiger partial charge in [-0.15, -0.1) is 0 Å². The van der Waals surface area contributed by atoms with Gasteiger partial charge in [0.2, 0.25) is 0 Å². The number of hydrogen-bond donors (Lipinski definition) is 1. The molecule has 2 aromatic carbocycles. The second-order valence-electron chi connectivity index (χ2n) is 6.52. The number of hydrogen-bond acceptors (Lipinski definition) is 3. The molecule has 6 heteroatoms. The fraction of sp³-hybridized carbons (Fsp3) is 0.238. The van der Waals surface area contributed by atoms with E-state index in [1.165, 1.54) is 0 Å². The summed E-state index contributed by atoms with van der Waals surface area (Å²) < 4.78 is 6.93. The molecule has 0 unspecified atom stereocenters. The number of ether oxygens (including phenoxy) is 1. The first-order valence-corrected chi connectivity index (χ1v) is 9.12. The van der Waals surface area contributed by atoms with Crippen LogP contribution < -0.4 is 10.1 Å². The molecule has 0 atom stereocenters. The molecule has 27 heavy (non-hydrogen) atoms. The Balaban J connectivity index is 1.82. The maximum absolute atomic E-state index is 12.8. The molecule has 0 radical (unpaired) electrons. The van der Waals surface area contributed by atoms with Crippen molar-refractivity contribution < 1.29 is 9.53 Å². The number of carbonyl (C=O) groups excluding carboxylic acids is 1. The van der Waals surface area contributed by atoms with E-state index in [9.17, 15) is 4.79 Å². The third-order valence-electron chi connectivity index (χ3n) is 4.26. The number of halogens is 1. The predicted octanol–water partition coefficient (Wildman–Crippen LogP) is 4.59. The first-order valence-electron chi connectivity index (χ1n) is 8.74. The minimum absolute atomic E-state index is 0.119. The van der Waals surface area contributed by atoms with Crippen molar-refractivity contribution in [3.05, 3.63) is 76.6 Å². The van der Waals surface area contributed by atoms with Crippen LogP contribution in [0.1, 0.15) is 41.4 Å². The summed E-state index contributed by atoms with van der Waals surface area (Å²) in [6.45, 7) is 4.51. The standard InChI is InChI=1S/C21H22ClN3O2/c1-14(2)20-19(13-24-25(20)17-6-4-5-16(22)11-17)21(26)23-12-15-7-9-18(27-3)10-8-15/h4-11,13-14H,12H2,1-3H3,(H,23,26). The zero-order valence-corrected chi connectivity index (χ0v) is 16.3. The Morgan fingerprint density at radius 2 is 1.96 bits per heavy atom. The van der Waals surface area contributed by atoms with Gasteiger partial charge in [-0.25, -0.2) is 4.68 Å². The van der Waals surface area contributed by atoms with Crippen molar-refractivity contribution >= 4 is 17.5 Å². The molecule has 0 aliphatic rings. The Hall–Kier alpha value is -2.79. The topological polar surface area (TPSA) is 56.1 Å². The first kappa shape index (κ1) is 19.0. The van der Waals surface area contributed by atoms with Crippen molar-refractivity contribution in [1.29, 1.82) is 0 Å². The molecule has 0 spiro atoms. The van der Waals surface area contributed by atoms with E-state index in [4.69, 9.17) is 16.3 Å². The number of nitrogens with zero attached hydrogens (tertiary/aromatic N) is 2. The van der Waals surface area contributed by atoms with Crippen LogP contribution in [-0.2, 0) is 6.54 Å². The van der Waals surface area contributed by atoms with Gasteiger partial charge in [0.15, 0.2) is 0 Å². The number of amides is 1. The second kappa shape index (κ2) is 8.27. The lowest BCUT2D eigenvalue weighted by molar-refractivity contribution is 0.0949. The van der Waals surface area contributed by atoms with E-state index in [2.05, 4.69) is 10.4 Å². The van der Waals surface area contributed by atoms with Crippen LogP contribution in [0.15, 0.2) is 54.7 Å². The van der Waals surface area contributed by atoms with Gasteiger partial charge < -0.3 is 10.1 Å². The number of methoxy groups -OCH3 is 1. The molecule has 0 aliphatic heterocycles. The molecule has 1 heterocycles. The molecule has 5 nitrogen and oxygen atoms in total. The van der Waals surface area contributed by atoms with Crippen LogP contribution >= 0.6 is 11.6 Å². The summed E-state index contributed by atoms with van der Waals surface area (Å²) in [5.41, 5.74) is 3.25. The van der Waals surface area contributed by atoms with Gasteiger partial charge in [0.1, 0.15) is 5.75 Å². The average Bonchev–Trinajstić information content (AvgIpc) is 3.12. The third-order valence-corrected chi connectivity index (χ3v) is 4.50. The summed E-state index contributed by atoms with van der Waals surface area (Å²) in [6, 6.07) is 15.0. The van der Waals surface area contributed by atoms with Gasteiger partial charge in [0, 0.05) is 11.6 Å². The zero-order chi connectivity index (χ0) is 19.4.